The highest BCUT2D eigenvalue weighted by Crippen LogP contribution is 1.97. The highest BCUT2D eigenvalue weighted by molar-refractivity contribution is 7.71. The number of aromatic nitrogens is 3. The van der Waals surface area contributed by atoms with E-state index >= 15 is 0 Å². The molecule has 1 heterocycles. The number of nitrogens with one attached hydrogen (secondary N) is 3. The summed E-state index contributed by atoms with van der Waals surface area (Å²) in [7, 11) is 0. The zero-order valence-electron chi connectivity index (χ0n) is 9.57. The molecule has 8 heteroatoms. The minimum absolute atomic E-state index is 0.000418. The van der Waals surface area contributed by atoms with E-state index in [0.717, 1.165) is 6.42 Å². The van der Waals surface area contributed by atoms with Crippen molar-refractivity contribution in [3.05, 3.63) is 15.1 Å². The standard InChI is InChI=1S/C9H14N4O3S/c1-3-4-16-8(15)5(2)10-6-7(14)11-9(17)13-12-6/h5H,3-4H2,1-2H3,(H,10,12)(H2,11,13,14,17)/t5-/m1/s1. The number of ether oxygens (including phenoxy) is 1. The Morgan fingerprint density at radius 3 is 2.94 bits per heavy atom. The Bertz CT molecular complexity index is 496. The van der Waals surface area contributed by atoms with Gasteiger partial charge in [-0.1, -0.05) is 6.92 Å². The first kappa shape index (κ1) is 13.4. The van der Waals surface area contributed by atoms with Crippen LogP contribution in [0, 0.1) is 4.77 Å². The zero-order chi connectivity index (χ0) is 12.8. The molecule has 1 aromatic rings. The van der Waals surface area contributed by atoms with Gasteiger partial charge in [-0.2, -0.15) is 0 Å². The molecule has 0 saturated carbocycles. The summed E-state index contributed by atoms with van der Waals surface area (Å²) in [5.41, 5.74) is -0.483. The summed E-state index contributed by atoms with van der Waals surface area (Å²) in [6, 6.07) is -0.653. The van der Waals surface area contributed by atoms with Crippen molar-refractivity contribution >= 4 is 24.0 Å². The van der Waals surface area contributed by atoms with Gasteiger partial charge in [0.1, 0.15) is 6.04 Å². The van der Waals surface area contributed by atoms with Gasteiger partial charge in [-0.15, -0.1) is 5.10 Å². The van der Waals surface area contributed by atoms with E-state index in [2.05, 4.69) is 32.7 Å². The molecule has 0 aromatic carbocycles. The number of hydrogen-bond acceptors (Lipinski definition) is 6. The van der Waals surface area contributed by atoms with Gasteiger partial charge in [0, 0.05) is 0 Å². The lowest BCUT2D eigenvalue weighted by Gasteiger charge is -2.12. The smallest absolute Gasteiger partial charge is 0.328 e. The van der Waals surface area contributed by atoms with Crippen LogP contribution < -0.4 is 10.9 Å². The second kappa shape index (κ2) is 6.14. The van der Waals surface area contributed by atoms with Gasteiger partial charge in [0.2, 0.25) is 5.82 Å². The first-order chi connectivity index (χ1) is 8.04. The number of carbonyl (C=O) groups is 1. The molecule has 0 radical (unpaired) electrons. The van der Waals surface area contributed by atoms with Gasteiger partial charge >= 0.3 is 5.97 Å². The van der Waals surface area contributed by atoms with Crippen LogP contribution in [0.25, 0.3) is 0 Å². The molecule has 1 rings (SSSR count). The Kier molecular flexibility index (Phi) is 4.83. The summed E-state index contributed by atoms with van der Waals surface area (Å²) in [6.45, 7) is 3.83. The van der Waals surface area contributed by atoms with Crippen LogP contribution in [-0.2, 0) is 9.53 Å². The molecule has 0 aliphatic rings. The van der Waals surface area contributed by atoms with Crippen molar-refractivity contribution in [2.75, 3.05) is 11.9 Å². The second-order valence-corrected chi connectivity index (χ2v) is 3.80. The monoisotopic (exact) mass is 258 g/mol. The minimum atomic E-state index is -0.653. The summed E-state index contributed by atoms with van der Waals surface area (Å²) in [4.78, 5) is 25.2. The summed E-state index contributed by atoms with van der Waals surface area (Å²) >= 11 is 4.69. The van der Waals surface area contributed by atoms with Crippen molar-refractivity contribution in [2.45, 2.75) is 26.3 Å². The van der Waals surface area contributed by atoms with E-state index in [4.69, 9.17) is 4.74 Å². The van der Waals surface area contributed by atoms with Crippen LogP contribution in [0.1, 0.15) is 20.3 Å². The van der Waals surface area contributed by atoms with Crippen molar-refractivity contribution in [1.29, 1.82) is 0 Å². The van der Waals surface area contributed by atoms with Gasteiger partial charge in [0.15, 0.2) is 4.77 Å². The lowest BCUT2D eigenvalue weighted by Crippen LogP contribution is -2.32. The SMILES string of the molecule is CCCOC(=O)[C@@H](C)Nc1n[nH]c(=S)[nH]c1=O. The number of nitrogens with zero attached hydrogens (tertiary/aromatic N) is 1. The molecule has 0 spiro atoms. The predicted octanol–water partition coefficient (Wildman–Crippen LogP) is 0.581. The molecule has 0 aliphatic carbocycles. The minimum Gasteiger partial charge on any atom is -0.464 e. The number of hydrogen-bond donors (Lipinski definition) is 3. The van der Waals surface area contributed by atoms with E-state index in [-0.39, 0.29) is 10.6 Å². The van der Waals surface area contributed by atoms with Crippen molar-refractivity contribution < 1.29 is 9.53 Å². The van der Waals surface area contributed by atoms with Crippen LogP contribution in [0.2, 0.25) is 0 Å². The molecular formula is C9H14N4O3S. The predicted molar refractivity (Wildman–Crippen MR) is 64.4 cm³/mol. The molecule has 0 unspecified atom stereocenters. The molecule has 7 nitrogen and oxygen atoms in total. The maximum absolute atomic E-state index is 11.4. The summed E-state index contributed by atoms with van der Waals surface area (Å²) in [6.07, 6.45) is 0.746. The van der Waals surface area contributed by atoms with E-state index in [1.54, 1.807) is 6.92 Å². The third-order valence-corrected chi connectivity index (χ3v) is 2.06. The first-order valence-electron chi connectivity index (χ1n) is 5.16. The van der Waals surface area contributed by atoms with Gasteiger partial charge in [-0.05, 0) is 25.6 Å². The van der Waals surface area contributed by atoms with Crippen molar-refractivity contribution in [3.8, 4) is 0 Å². The lowest BCUT2D eigenvalue weighted by atomic mass is 10.3. The van der Waals surface area contributed by atoms with Crippen LogP contribution in [0.3, 0.4) is 0 Å². The van der Waals surface area contributed by atoms with Gasteiger partial charge in [-0.3, -0.25) is 14.9 Å². The molecule has 0 fully saturated rings. The summed E-state index contributed by atoms with van der Waals surface area (Å²) in [5, 5.41) is 8.75. The quantitative estimate of drug-likeness (QED) is 0.527. The maximum Gasteiger partial charge on any atom is 0.328 e. The number of H-pyrrole nitrogens is 2. The second-order valence-electron chi connectivity index (χ2n) is 3.39. The average molecular weight is 258 g/mol. The van der Waals surface area contributed by atoms with E-state index in [0.29, 0.717) is 6.61 Å². The fourth-order valence-corrected chi connectivity index (χ4v) is 1.18. The molecule has 1 atom stereocenters. The highest BCUT2D eigenvalue weighted by atomic mass is 32.1. The Morgan fingerprint density at radius 2 is 2.35 bits per heavy atom. The molecule has 17 heavy (non-hydrogen) atoms. The average Bonchev–Trinajstić information content (AvgIpc) is 2.29. The number of esters is 1. The molecule has 0 amide bonds. The number of anilines is 1. The van der Waals surface area contributed by atoms with Crippen molar-refractivity contribution in [3.63, 3.8) is 0 Å². The fraction of sp³-hybridized carbons (Fsp3) is 0.556. The normalized spacial score (nSPS) is 11.9. The van der Waals surface area contributed by atoms with Crippen LogP contribution in [0.15, 0.2) is 4.79 Å². The first-order valence-corrected chi connectivity index (χ1v) is 5.57. The van der Waals surface area contributed by atoms with Crippen LogP contribution in [-0.4, -0.2) is 33.8 Å². The largest absolute Gasteiger partial charge is 0.464 e. The van der Waals surface area contributed by atoms with E-state index in [1.165, 1.54) is 0 Å². The summed E-state index contributed by atoms with van der Waals surface area (Å²) < 4.78 is 5.04. The maximum atomic E-state index is 11.4. The Hall–Kier alpha value is -1.70. The topological polar surface area (TPSA) is 99.9 Å². The molecule has 0 saturated heterocycles. The van der Waals surface area contributed by atoms with Crippen LogP contribution >= 0.6 is 12.2 Å². The Morgan fingerprint density at radius 1 is 1.65 bits per heavy atom. The third-order valence-electron chi connectivity index (χ3n) is 1.87. The molecule has 0 bridgehead atoms. The molecule has 94 valence electrons. The van der Waals surface area contributed by atoms with Gasteiger partial charge in [0.05, 0.1) is 6.61 Å². The van der Waals surface area contributed by atoms with Crippen molar-refractivity contribution in [2.24, 2.45) is 0 Å². The van der Waals surface area contributed by atoms with Crippen LogP contribution in [0.4, 0.5) is 5.82 Å². The van der Waals surface area contributed by atoms with Gasteiger partial charge in [0.25, 0.3) is 5.56 Å². The van der Waals surface area contributed by atoms with Gasteiger partial charge in [-0.25, -0.2) is 4.79 Å². The van der Waals surface area contributed by atoms with Crippen molar-refractivity contribution in [1.82, 2.24) is 15.2 Å². The molecular weight excluding hydrogens is 244 g/mol. The Labute approximate surface area is 103 Å². The Balaban J connectivity index is 2.67. The van der Waals surface area contributed by atoms with E-state index in [1.807, 2.05) is 6.92 Å². The van der Waals surface area contributed by atoms with E-state index in [9.17, 15) is 9.59 Å². The number of aromatic amines is 2. The van der Waals surface area contributed by atoms with Gasteiger partial charge < -0.3 is 10.1 Å². The molecule has 3 N–H and O–H groups in total. The molecule has 0 aliphatic heterocycles. The number of rotatable bonds is 5. The van der Waals surface area contributed by atoms with E-state index < -0.39 is 17.6 Å². The number of carbonyl (C=O) groups excluding carboxylic acids is 1. The fourth-order valence-electron chi connectivity index (χ4n) is 1.04. The van der Waals surface area contributed by atoms with Crippen LogP contribution in [0.5, 0.6) is 0 Å². The summed E-state index contributed by atoms with van der Waals surface area (Å²) in [5.74, 6) is -0.435. The highest BCUT2D eigenvalue weighted by Gasteiger charge is 2.15. The third kappa shape index (κ3) is 3.99. The zero-order valence-corrected chi connectivity index (χ0v) is 10.4. The lowest BCUT2D eigenvalue weighted by molar-refractivity contribution is -0.144. The molecule has 1 aromatic heterocycles.